The Morgan fingerprint density at radius 1 is 0.609 bits per heavy atom. The zero-order chi connectivity index (χ0) is 33.1. The summed E-state index contributed by atoms with van der Waals surface area (Å²) in [6.07, 6.45) is 15.5. The van der Waals surface area contributed by atoms with Gasteiger partial charge in [0.1, 0.15) is 0 Å². The van der Waals surface area contributed by atoms with Crippen LogP contribution in [0, 0.1) is 10.2 Å². The molecule has 0 unspecified atom stereocenters. The molecule has 3 aromatic heterocycles. The van der Waals surface area contributed by atoms with E-state index in [-0.39, 0.29) is 17.1 Å². The second-order valence-electron chi connectivity index (χ2n) is 11.4. The van der Waals surface area contributed by atoms with Crippen molar-refractivity contribution in [1.82, 2.24) is 15.0 Å². The van der Waals surface area contributed by atoms with Crippen molar-refractivity contribution in [1.29, 1.82) is 0 Å². The van der Waals surface area contributed by atoms with E-state index in [0.717, 1.165) is 85.6 Å². The normalized spacial score (nSPS) is 14.2. The molecule has 1 radical (unpaired) electrons. The SMILES string of the molecule is CCC1=C(CC)C2=NC1=Cc1[n-]c(c(CC)c1CC)C=c1[n-]c(c(CC)c1CC)=Cc1[nH]c(c(CC)c1CC)C2.[Fe+3].[O-][Cl+3]([O-])([O-])[O-]. The summed E-state index contributed by atoms with van der Waals surface area (Å²) in [7, 11) is -4.94. The van der Waals surface area contributed by atoms with E-state index < -0.39 is 10.2 Å². The molecule has 8 bridgehead atoms. The summed E-state index contributed by atoms with van der Waals surface area (Å²) in [5.41, 5.74) is 18.1. The largest absolute Gasteiger partial charge is 3.00 e. The van der Waals surface area contributed by atoms with E-state index in [1.165, 1.54) is 61.6 Å². The van der Waals surface area contributed by atoms with Crippen LogP contribution in [0.1, 0.15) is 124 Å². The van der Waals surface area contributed by atoms with Gasteiger partial charge in [0.15, 0.2) is 0 Å². The molecule has 5 rings (SSSR count). The predicted octanol–water partition coefficient (Wildman–Crippen LogP) is 1.67. The number of H-pyrrole nitrogens is 1. The Bertz CT molecular complexity index is 1760. The molecule has 3 aromatic rings. The van der Waals surface area contributed by atoms with Gasteiger partial charge in [0.25, 0.3) is 0 Å². The predicted molar refractivity (Wildman–Crippen MR) is 170 cm³/mol. The van der Waals surface area contributed by atoms with Gasteiger partial charge in [0, 0.05) is 17.8 Å². The molecule has 46 heavy (non-hydrogen) atoms. The number of rotatable bonds is 8. The van der Waals surface area contributed by atoms with Crippen molar-refractivity contribution in [2.75, 3.05) is 0 Å². The van der Waals surface area contributed by atoms with E-state index >= 15 is 0 Å². The number of hydrogen-bond acceptors (Lipinski definition) is 5. The van der Waals surface area contributed by atoms with Crippen molar-refractivity contribution in [3.05, 3.63) is 83.7 Å². The van der Waals surface area contributed by atoms with Crippen molar-refractivity contribution in [2.24, 2.45) is 4.99 Å². The molecule has 5 heterocycles. The topological polar surface area (TPSA) is 149 Å². The first kappa shape index (κ1) is 37.8. The van der Waals surface area contributed by atoms with Crippen molar-refractivity contribution in [3.63, 3.8) is 0 Å². The molecule has 8 nitrogen and oxygen atoms in total. The molecule has 10 heteroatoms. The van der Waals surface area contributed by atoms with E-state index in [1.54, 1.807) is 0 Å². The fourth-order valence-electron chi connectivity index (χ4n) is 7.22. The third-order valence-electron chi connectivity index (χ3n) is 9.06. The number of nitrogens with one attached hydrogen (secondary N) is 1. The maximum absolute atomic E-state index is 8.49. The summed E-state index contributed by atoms with van der Waals surface area (Å²) >= 11 is 0. The van der Waals surface area contributed by atoms with Gasteiger partial charge in [0.05, 0.1) is 11.4 Å². The summed E-state index contributed by atoms with van der Waals surface area (Å²) in [6.45, 7) is 18.1. The van der Waals surface area contributed by atoms with Gasteiger partial charge in [-0.1, -0.05) is 95.9 Å². The fourth-order valence-corrected chi connectivity index (χ4v) is 7.22. The summed E-state index contributed by atoms with van der Waals surface area (Å²) in [5.74, 6) is 0. The maximum Gasteiger partial charge on any atom is 3.00 e. The molecule has 0 aromatic carbocycles. The smallest absolute Gasteiger partial charge is 0.657 e. The Balaban J connectivity index is 0.000000892. The molecule has 2 aliphatic heterocycles. The van der Waals surface area contributed by atoms with Crippen LogP contribution in [0.2, 0.25) is 0 Å². The Morgan fingerprint density at radius 2 is 1.09 bits per heavy atom. The Hall–Kier alpha value is -2.62. The van der Waals surface area contributed by atoms with Gasteiger partial charge < -0.3 is 15.0 Å². The molecular weight excluding hydrogens is 644 g/mol. The molecule has 0 saturated heterocycles. The van der Waals surface area contributed by atoms with Crippen LogP contribution in [0.25, 0.3) is 18.2 Å². The van der Waals surface area contributed by atoms with Gasteiger partial charge in [-0.2, -0.15) is 0 Å². The van der Waals surface area contributed by atoms with Gasteiger partial charge in [-0.25, -0.2) is 18.6 Å². The molecule has 0 saturated carbocycles. The third kappa shape index (κ3) is 7.74. The van der Waals surface area contributed by atoms with Crippen molar-refractivity contribution >= 4 is 23.9 Å². The van der Waals surface area contributed by atoms with Crippen LogP contribution in [0.4, 0.5) is 0 Å². The van der Waals surface area contributed by atoms with Crippen molar-refractivity contribution < 1.29 is 45.9 Å². The van der Waals surface area contributed by atoms with Crippen molar-refractivity contribution in [2.45, 2.75) is 113 Å². The Labute approximate surface area is 285 Å². The van der Waals surface area contributed by atoms with Gasteiger partial charge in [0.2, 0.25) is 0 Å². The van der Waals surface area contributed by atoms with Crippen LogP contribution in [0.3, 0.4) is 0 Å². The fraction of sp³-hybridized carbons (Fsp3) is 0.472. The van der Waals surface area contributed by atoms with Gasteiger partial charge in [-0.3, -0.25) is 4.99 Å². The minimum atomic E-state index is -4.94. The van der Waals surface area contributed by atoms with E-state index in [9.17, 15) is 0 Å². The quantitative estimate of drug-likeness (QED) is 0.356. The molecule has 0 amide bonds. The summed E-state index contributed by atoms with van der Waals surface area (Å²) in [6, 6.07) is 0. The summed E-state index contributed by atoms with van der Waals surface area (Å²) < 4.78 is 34.0. The molecule has 2 aliphatic rings. The van der Waals surface area contributed by atoms with Crippen LogP contribution in [0.15, 0.2) is 21.8 Å². The van der Waals surface area contributed by atoms with E-state index in [0.29, 0.717) is 0 Å². The monoisotopic (exact) mass is 689 g/mol. The standard InChI is InChI=1S/C36H46N4.ClHO4.Fe/c1-9-21-22(10-2)30-18-32-25(13-5)26(14-6)34(39-32)20-36-28(16-8)27(15-7)35(40-36)19-33-24(12-4)23(11-3)31(38-33)17-29(21)37-30;2-1(3,4)5;/h17-19,39H,9-16,20H2,1-8H3;(H,2,3,4,5);/q-2;;+3/p-1. The Morgan fingerprint density at radius 3 is 1.57 bits per heavy atom. The molecule has 0 atom stereocenters. The number of allylic oxidation sites excluding steroid dienone is 2. The number of aliphatic imine (C=N–C) groups is 1. The number of hydrogen-bond donors (Lipinski definition) is 1. The van der Waals surface area contributed by atoms with E-state index in [2.05, 4.69) is 78.6 Å². The summed E-state index contributed by atoms with van der Waals surface area (Å²) in [4.78, 5) is 19.8. The maximum atomic E-state index is 8.49. The third-order valence-corrected chi connectivity index (χ3v) is 9.06. The second-order valence-corrected chi connectivity index (χ2v) is 12.1. The molecule has 0 aliphatic carbocycles. The minimum absolute atomic E-state index is 0. The van der Waals surface area contributed by atoms with Crippen molar-refractivity contribution in [3.8, 4) is 0 Å². The number of aromatic nitrogens is 3. The average Bonchev–Trinajstić information content (AvgIpc) is 3.71. The van der Waals surface area contributed by atoms with Gasteiger partial charge in [-0.15, -0.1) is 32.3 Å². The molecule has 1 N–H and O–H groups in total. The first-order chi connectivity index (χ1) is 21.5. The zero-order valence-corrected chi connectivity index (χ0v) is 30.2. The summed E-state index contributed by atoms with van der Waals surface area (Å²) in [5, 5.41) is 2.18. The first-order valence-electron chi connectivity index (χ1n) is 16.4. The average molecular weight is 690 g/mol. The first-order valence-corrected chi connectivity index (χ1v) is 17.6. The van der Waals surface area contributed by atoms with Gasteiger partial charge in [-0.05, 0) is 73.6 Å². The van der Waals surface area contributed by atoms with Crippen LogP contribution >= 0.6 is 0 Å². The van der Waals surface area contributed by atoms with Crippen LogP contribution in [0.5, 0.6) is 0 Å². The Kier molecular flexibility index (Phi) is 13.1. The van der Waals surface area contributed by atoms with Crippen LogP contribution in [-0.4, -0.2) is 10.7 Å². The van der Waals surface area contributed by atoms with Crippen LogP contribution < -0.4 is 39.3 Å². The molecule has 0 fully saturated rings. The molecule has 249 valence electrons. The molecular formula is C36H46ClFeN4O4. The number of fused-ring (bicyclic) bond motifs is 7. The minimum Gasteiger partial charge on any atom is -0.657 e. The number of halogens is 1. The number of aromatic amines is 1. The van der Waals surface area contributed by atoms with E-state index in [4.69, 9.17) is 33.6 Å². The number of nitrogens with zero attached hydrogens (tertiary/aromatic N) is 3. The van der Waals surface area contributed by atoms with Gasteiger partial charge >= 0.3 is 17.1 Å². The van der Waals surface area contributed by atoms with E-state index in [1.807, 2.05) is 0 Å². The molecule has 0 spiro atoms. The zero-order valence-electron chi connectivity index (χ0n) is 28.3. The van der Waals surface area contributed by atoms with Crippen LogP contribution in [-0.2, 0) is 62.0 Å². The second kappa shape index (κ2) is 16.0.